The molecule has 0 bridgehead atoms. The van der Waals surface area contributed by atoms with Gasteiger partial charge in [0.25, 0.3) is 0 Å². The predicted molar refractivity (Wildman–Crippen MR) is 165 cm³/mol. The highest BCUT2D eigenvalue weighted by Gasteiger charge is 2.17. The molecule has 0 unspecified atom stereocenters. The van der Waals surface area contributed by atoms with E-state index in [-0.39, 0.29) is 0 Å². The number of rotatable bonds is 4. The lowest BCUT2D eigenvalue weighted by Crippen LogP contribution is -1.98. The summed E-state index contributed by atoms with van der Waals surface area (Å²) in [6.07, 6.45) is 0. The number of fused-ring (bicyclic) bond motifs is 3. The zero-order chi connectivity index (χ0) is 25.5. The third kappa shape index (κ3) is 3.95. The minimum Gasteiger partial charge on any atom is -0.309 e. The Labute approximate surface area is 230 Å². The summed E-state index contributed by atoms with van der Waals surface area (Å²) in [5.41, 5.74) is 10.8. The monoisotopic (exact) mass is 549 g/mol. The highest BCUT2D eigenvalue weighted by atomic mass is 79.9. The molecule has 0 saturated carbocycles. The van der Waals surface area contributed by atoms with Crippen LogP contribution in [-0.2, 0) is 0 Å². The fourth-order valence-corrected chi connectivity index (χ4v) is 5.87. The molecule has 1 aromatic heterocycles. The van der Waals surface area contributed by atoms with Gasteiger partial charge in [0.1, 0.15) is 0 Å². The van der Waals surface area contributed by atoms with Gasteiger partial charge in [-0.25, -0.2) is 0 Å². The number of hydrogen-bond donors (Lipinski definition) is 0. The Bertz CT molecular complexity index is 1920. The van der Waals surface area contributed by atoms with E-state index in [1.165, 1.54) is 60.9 Å². The Balaban J connectivity index is 1.57. The van der Waals surface area contributed by atoms with Crippen LogP contribution in [-0.4, -0.2) is 4.57 Å². The van der Waals surface area contributed by atoms with E-state index in [4.69, 9.17) is 0 Å². The summed E-state index contributed by atoms with van der Waals surface area (Å²) in [5, 5.41) is 2.51. The van der Waals surface area contributed by atoms with Crippen molar-refractivity contribution in [2.24, 2.45) is 0 Å². The number of hydrogen-bond acceptors (Lipinski definition) is 0. The normalized spacial score (nSPS) is 11.3. The Morgan fingerprint density at radius 3 is 1.79 bits per heavy atom. The van der Waals surface area contributed by atoms with Crippen LogP contribution in [0.4, 0.5) is 0 Å². The van der Waals surface area contributed by atoms with E-state index < -0.39 is 0 Å². The summed E-state index contributed by atoms with van der Waals surface area (Å²) in [6.45, 7) is 0. The number of aromatic nitrogens is 1. The second-order valence-electron chi connectivity index (χ2n) is 9.56. The zero-order valence-corrected chi connectivity index (χ0v) is 22.3. The van der Waals surface area contributed by atoms with Gasteiger partial charge in [0.15, 0.2) is 0 Å². The van der Waals surface area contributed by atoms with Crippen LogP contribution in [0.2, 0.25) is 0 Å². The molecule has 6 aromatic carbocycles. The van der Waals surface area contributed by atoms with Gasteiger partial charge in [-0.2, -0.15) is 0 Å². The maximum Gasteiger partial charge on any atom is 0.0547 e. The molecule has 0 aliphatic rings. The maximum absolute atomic E-state index is 3.65. The minimum absolute atomic E-state index is 1.08. The fraction of sp³-hybridized carbons (Fsp3) is 0. The van der Waals surface area contributed by atoms with E-state index in [0.29, 0.717) is 0 Å². The number of benzene rings is 6. The van der Waals surface area contributed by atoms with Gasteiger partial charge < -0.3 is 4.57 Å². The second kappa shape index (κ2) is 9.48. The van der Waals surface area contributed by atoms with Crippen LogP contribution in [0.5, 0.6) is 0 Å². The van der Waals surface area contributed by atoms with Crippen molar-refractivity contribution < 1.29 is 0 Å². The molecule has 2 heteroatoms. The fourth-order valence-electron chi connectivity index (χ4n) is 5.47. The van der Waals surface area contributed by atoms with Crippen LogP contribution >= 0.6 is 15.9 Å². The van der Waals surface area contributed by atoms with Crippen molar-refractivity contribution in [1.29, 1.82) is 0 Å². The predicted octanol–water partition coefficient (Wildman–Crippen LogP) is 10.5. The van der Waals surface area contributed by atoms with Gasteiger partial charge in [-0.3, -0.25) is 0 Å². The van der Waals surface area contributed by atoms with Crippen LogP contribution in [0, 0.1) is 0 Å². The first kappa shape index (κ1) is 22.8. The minimum atomic E-state index is 1.08. The van der Waals surface area contributed by atoms with Crippen LogP contribution in [0.15, 0.2) is 150 Å². The second-order valence-corrected chi connectivity index (χ2v) is 10.5. The van der Waals surface area contributed by atoms with Crippen molar-refractivity contribution in [3.05, 3.63) is 150 Å². The molecule has 0 amide bonds. The molecular formula is C36H24BrN. The lowest BCUT2D eigenvalue weighted by Gasteiger charge is -2.16. The van der Waals surface area contributed by atoms with E-state index in [0.717, 1.165) is 4.47 Å². The van der Waals surface area contributed by atoms with E-state index >= 15 is 0 Å². The van der Waals surface area contributed by atoms with E-state index in [2.05, 4.69) is 166 Å². The molecule has 7 rings (SSSR count). The molecular weight excluding hydrogens is 526 g/mol. The van der Waals surface area contributed by atoms with E-state index in [9.17, 15) is 0 Å². The summed E-state index contributed by atoms with van der Waals surface area (Å²) in [4.78, 5) is 0. The number of nitrogens with zero attached hydrogens (tertiary/aromatic N) is 1. The summed E-state index contributed by atoms with van der Waals surface area (Å²) in [7, 11) is 0. The van der Waals surface area contributed by atoms with Crippen LogP contribution in [0.1, 0.15) is 0 Å². The lowest BCUT2D eigenvalue weighted by atomic mass is 9.97. The third-order valence-corrected chi connectivity index (χ3v) is 7.76. The standard InChI is InChI=1S/C36H24BrN/c37-30-15-9-14-27(22-30)29-19-21-33-32-16-7-8-17-34(32)38(36(33)24-29)35-23-28(25-10-3-1-4-11-25)18-20-31(35)26-12-5-2-6-13-26/h1-24H. The summed E-state index contributed by atoms with van der Waals surface area (Å²) in [5.74, 6) is 0. The molecule has 7 aromatic rings. The molecule has 180 valence electrons. The molecule has 0 atom stereocenters. The van der Waals surface area contributed by atoms with Crippen molar-refractivity contribution in [3.8, 4) is 39.1 Å². The first-order valence-electron chi connectivity index (χ1n) is 12.8. The van der Waals surface area contributed by atoms with Gasteiger partial charge in [-0.05, 0) is 58.1 Å². The molecule has 0 N–H and O–H groups in total. The van der Waals surface area contributed by atoms with Crippen LogP contribution < -0.4 is 0 Å². The number of halogens is 1. The Hall–Kier alpha value is -4.40. The van der Waals surface area contributed by atoms with Gasteiger partial charge in [-0.15, -0.1) is 0 Å². The topological polar surface area (TPSA) is 4.93 Å². The smallest absolute Gasteiger partial charge is 0.0547 e. The molecule has 0 spiro atoms. The Morgan fingerprint density at radius 1 is 0.395 bits per heavy atom. The van der Waals surface area contributed by atoms with E-state index in [1.54, 1.807) is 0 Å². The highest BCUT2D eigenvalue weighted by Crippen LogP contribution is 2.39. The largest absolute Gasteiger partial charge is 0.309 e. The van der Waals surface area contributed by atoms with Crippen molar-refractivity contribution in [1.82, 2.24) is 4.57 Å². The van der Waals surface area contributed by atoms with Gasteiger partial charge >= 0.3 is 0 Å². The molecule has 0 fully saturated rings. The van der Waals surface area contributed by atoms with Crippen LogP contribution in [0.25, 0.3) is 60.9 Å². The maximum atomic E-state index is 3.65. The first-order chi connectivity index (χ1) is 18.8. The SMILES string of the molecule is Brc1cccc(-c2ccc3c4ccccc4n(-c4cc(-c5ccccc5)ccc4-c4ccccc4)c3c2)c1. The molecule has 0 aliphatic heterocycles. The average Bonchev–Trinajstić information content (AvgIpc) is 3.31. The molecule has 1 heterocycles. The average molecular weight is 550 g/mol. The zero-order valence-electron chi connectivity index (χ0n) is 20.7. The van der Waals surface area contributed by atoms with Gasteiger partial charge in [-0.1, -0.05) is 131 Å². The first-order valence-corrected chi connectivity index (χ1v) is 13.6. The summed E-state index contributed by atoms with van der Waals surface area (Å²) < 4.78 is 3.53. The Morgan fingerprint density at radius 2 is 1.00 bits per heavy atom. The lowest BCUT2D eigenvalue weighted by molar-refractivity contribution is 1.18. The van der Waals surface area contributed by atoms with Crippen molar-refractivity contribution in [2.45, 2.75) is 0 Å². The molecule has 0 radical (unpaired) electrons. The highest BCUT2D eigenvalue weighted by molar-refractivity contribution is 9.10. The van der Waals surface area contributed by atoms with Crippen LogP contribution in [0.3, 0.4) is 0 Å². The summed E-state index contributed by atoms with van der Waals surface area (Å²) >= 11 is 3.65. The molecule has 38 heavy (non-hydrogen) atoms. The molecule has 0 saturated heterocycles. The van der Waals surface area contributed by atoms with Gasteiger partial charge in [0.05, 0.1) is 16.7 Å². The molecule has 1 nitrogen and oxygen atoms in total. The van der Waals surface area contributed by atoms with Crippen molar-refractivity contribution in [2.75, 3.05) is 0 Å². The quantitative estimate of drug-likeness (QED) is 0.205. The Kier molecular flexibility index (Phi) is 5.68. The van der Waals surface area contributed by atoms with E-state index in [1.807, 2.05) is 0 Å². The van der Waals surface area contributed by atoms with Crippen molar-refractivity contribution in [3.63, 3.8) is 0 Å². The van der Waals surface area contributed by atoms with Gasteiger partial charge in [0, 0.05) is 20.8 Å². The van der Waals surface area contributed by atoms with Gasteiger partial charge in [0.2, 0.25) is 0 Å². The molecule has 0 aliphatic carbocycles. The number of para-hydroxylation sites is 1. The third-order valence-electron chi connectivity index (χ3n) is 7.26. The van der Waals surface area contributed by atoms with Crippen molar-refractivity contribution >= 4 is 37.7 Å². The summed E-state index contributed by atoms with van der Waals surface area (Å²) in [6, 6.07) is 52.3.